The minimum Gasteiger partial charge on any atom is -0.300 e. The molecule has 3 aliphatic carbocycles. The van der Waals surface area contributed by atoms with Crippen molar-refractivity contribution in [3.05, 3.63) is 0 Å². The molecule has 2 nitrogen and oxygen atoms in total. The SMILES string of the molecule is O=C1CCC(N(C2CCCCCCC2)C2CCCCCCC2)CC1. The van der Waals surface area contributed by atoms with Gasteiger partial charge in [0.15, 0.2) is 0 Å². The normalized spacial score (nSPS) is 27.5. The molecular formula is C22H39NO. The summed E-state index contributed by atoms with van der Waals surface area (Å²) in [6.45, 7) is 0. The number of carbonyl (C=O) groups excluding carboxylic acids is 1. The third-order valence-corrected chi connectivity index (χ3v) is 6.93. The molecule has 0 bridgehead atoms. The minimum atomic E-state index is 0.515. The fraction of sp³-hybridized carbons (Fsp3) is 0.955. The van der Waals surface area contributed by atoms with Crippen LogP contribution < -0.4 is 0 Å². The molecule has 3 fully saturated rings. The highest BCUT2D eigenvalue weighted by molar-refractivity contribution is 5.79. The van der Waals surface area contributed by atoms with Gasteiger partial charge in [-0.25, -0.2) is 0 Å². The summed E-state index contributed by atoms with van der Waals surface area (Å²) in [5.74, 6) is 0.515. The summed E-state index contributed by atoms with van der Waals surface area (Å²) in [4.78, 5) is 14.8. The number of hydrogen-bond donors (Lipinski definition) is 0. The molecule has 0 radical (unpaired) electrons. The molecule has 0 heterocycles. The van der Waals surface area contributed by atoms with E-state index < -0.39 is 0 Å². The molecule has 0 atom stereocenters. The van der Waals surface area contributed by atoms with Gasteiger partial charge in [0.1, 0.15) is 5.78 Å². The van der Waals surface area contributed by atoms with E-state index in [-0.39, 0.29) is 0 Å². The summed E-state index contributed by atoms with van der Waals surface area (Å²) >= 11 is 0. The van der Waals surface area contributed by atoms with Crippen LogP contribution in [0.25, 0.3) is 0 Å². The highest BCUT2D eigenvalue weighted by atomic mass is 16.1. The lowest BCUT2D eigenvalue weighted by Gasteiger charge is -2.46. The minimum absolute atomic E-state index is 0.515. The Bertz CT molecular complexity index is 332. The van der Waals surface area contributed by atoms with Crippen LogP contribution in [0.1, 0.15) is 116 Å². The summed E-state index contributed by atoms with van der Waals surface area (Å²) in [6, 6.07) is 2.33. The van der Waals surface area contributed by atoms with Crippen LogP contribution in [0.5, 0.6) is 0 Å². The molecule has 3 aliphatic rings. The maximum atomic E-state index is 11.8. The first kappa shape index (κ1) is 18.4. The Labute approximate surface area is 149 Å². The largest absolute Gasteiger partial charge is 0.300 e. The Hall–Kier alpha value is -0.370. The van der Waals surface area contributed by atoms with E-state index in [0.29, 0.717) is 11.8 Å². The van der Waals surface area contributed by atoms with Gasteiger partial charge in [0, 0.05) is 31.0 Å². The maximum Gasteiger partial charge on any atom is 0.133 e. The summed E-state index contributed by atoms with van der Waals surface area (Å²) in [6.07, 6.45) is 24.1. The standard InChI is InChI=1S/C22H39NO/c24-22-17-15-21(16-18-22)23(19-11-7-3-1-4-8-12-19)20-13-9-5-2-6-10-14-20/h19-21H,1-18H2. The van der Waals surface area contributed by atoms with Gasteiger partial charge in [-0.15, -0.1) is 0 Å². The second-order valence-corrected chi connectivity index (χ2v) is 8.71. The highest BCUT2D eigenvalue weighted by Crippen LogP contribution is 2.34. The fourth-order valence-corrected chi connectivity index (χ4v) is 5.58. The summed E-state index contributed by atoms with van der Waals surface area (Å²) in [5, 5.41) is 0. The van der Waals surface area contributed by atoms with Gasteiger partial charge in [-0.2, -0.15) is 0 Å². The van der Waals surface area contributed by atoms with Crippen LogP contribution in [-0.2, 0) is 4.79 Å². The molecule has 0 unspecified atom stereocenters. The fourth-order valence-electron chi connectivity index (χ4n) is 5.58. The molecule has 3 saturated carbocycles. The van der Waals surface area contributed by atoms with Crippen LogP contribution >= 0.6 is 0 Å². The zero-order valence-corrected chi connectivity index (χ0v) is 15.8. The molecule has 138 valence electrons. The van der Waals surface area contributed by atoms with Crippen molar-refractivity contribution in [2.75, 3.05) is 0 Å². The van der Waals surface area contributed by atoms with Crippen LogP contribution in [0.15, 0.2) is 0 Å². The maximum absolute atomic E-state index is 11.8. The molecule has 0 aromatic rings. The lowest BCUT2D eigenvalue weighted by atomic mass is 9.85. The molecule has 24 heavy (non-hydrogen) atoms. The van der Waals surface area contributed by atoms with Gasteiger partial charge in [-0.3, -0.25) is 9.69 Å². The van der Waals surface area contributed by atoms with Crippen LogP contribution in [0.2, 0.25) is 0 Å². The quantitative estimate of drug-likeness (QED) is 0.629. The molecule has 0 aromatic carbocycles. The van der Waals surface area contributed by atoms with E-state index in [9.17, 15) is 4.79 Å². The average Bonchev–Trinajstić information content (AvgIpc) is 2.52. The first-order valence-electron chi connectivity index (χ1n) is 11.1. The molecule has 0 spiro atoms. The number of rotatable bonds is 3. The van der Waals surface area contributed by atoms with E-state index in [4.69, 9.17) is 0 Å². The highest BCUT2D eigenvalue weighted by Gasteiger charge is 2.34. The number of nitrogens with zero attached hydrogens (tertiary/aromatic N) is 1. The van der Waals surface area contributed by atoms with Crippen molar-refractivity contribution in [2.24, 2.45) is 0 Å². The Kier molecular flexibility index (Phi) is 7.63. The third kappa shape index (κ3) is 5.31. The number of ketones is 1. The van der Waals surface area contributed by atoms with E-state index in [2.05, 4.69) is 4.90 Å². The van der Waals surface area contributed by atoms with Crippen LogP contribution in [0, 0.1) is 0 Å². The molecule has 0 aromatic heterocycles. The first-order chi connectivity index (χ1) is 11.8. The zero-order valence-electron chi connectivity index (χ0n) is 15.8. The molecule has 0 amide bonds. The second-order valence-electron chi connectivity index (χ2n) is 8.71. The van der Waals surface area contributed by atoms with Crippen molar-refractivity contribution < 1.29 is 4.79 Å². The van der Waals surface area contributed by atoms with Crippen LogP contribution in [0.3, 0.4) is 0 Å². The van der Waals surface area contributed by atoms with Crippen molar-refractivity contribution in [1.82, 2.24) is 4.90 Å². The Morgan fingerprint density at radius 1 is 0.500 bits per heavy atom. The lowest BCUT2D eigenvalue weighted by molar-refractivity contribution is -0.122. The van der Waals surface area contributed by atoms with Gasteiger partial charge in [0.25, 0.3) is 0 Å². The van der Waals surface area contributed by atoms with E-state index in [1.54, 1.807) is 0 Å². The predicted molar refractivity (Wildman–Crippen MR) is 101 cm³/mol. The Balaban J connectivity index is 1.71. The monoisotopic (exact) mass is 333 g/mol. The van der Waals surface area contributed by atoms with E-state index in [1.165, 1.54) is 89.9 Å². The molecule has 0 aliphatic heterocycles. The van der Waals surface area contributed by atoms with Gasteiger partial charge < -0.3 is 0 Å². The Morgan fingerprint density at radius 2 is 0.833 bits per heavy atom. The molecule has 0 saturated heterocycles. The number of Topliss-reactive ketones (excluding diaryl/α,β-unsaturated/α-hetero) is 1. The van der Waals surface area contributed by atoms with Crippen molar-refractivity contribution in [1.29, 1.82) is 0 Å². The van der Waals surface area contributed by atoms with Crippen LogP contribution in [0.4, 0.5) is 0 Å². The molecule has 0 N–H and O–H groups in total. The van der Waals surface area contributed by atoms with Crippen molar-refractivity contribution in [3.63, 3.8) is 0 Å². The smallest absolute Gasteiger partial charge is 0.133 e. The van der Waals surface area contributed by atoms with Crippen molar-refractivity contribution >= 4 is 5.78 Å². The van der Waals surface area contributed by atoms with Crippen LogP contribution in [-0.4, -0.2) is 28.8 Å². The summed E-state index contributed by atoms with van der Waals surface area (Å²) < 4.78 is 0. The van der Waals surface area contributed by atoms with Gasteiger partial charge in [-0.1, -0.05) is 64.2 Å². The van der Waals surface area contributed by atoms with Gasteiger partial charge in [0.05, 0.1) is 0 Å². The summed E-state index contributed by atoms with van der Waals surface area (Å²) in [5.41, 5.74) is 0. The zero-order chi connectivity index (χ0) is 16.6. The second kappa shape index (κ2) is 9.94. The number of carbonyl (C=O) groups is 1. The van der Waals surface area contributed by atoms with E-state index in [1.807, 2.05) is 0 Å². The summed E-state index contributed by atoms with van der Waals surface area (Å²) in [7, 11) is 0. The van der Waals surface area contributed by atoms with Gasteiger partial charge in [0.2, 0.25) is 0 Å². The van der Waals surface area contributed by atoms with Gasteiger partial charge >= 0.3 is 0 Å². The molecule has 2 heteroatoms. The molecular weight excluding hydrogens is 294 g/mol. The van der Waals surface area contributed by atoms with Crippen molar-refractivity contribution in [2.45, 2.75) is 134 Å². The van der Waals surface area contributed by atoms with Gasteiger partial charge in [-0.05, 0) is 38.5 Å². The van der Waals surface area contributed by atoms with E-state index in [0.717, 1.165) is 37.8 Å². The van der Waals surface area contributed by atoms with Crippen molar-refractivity contribution in [3.8, 4) is 0 Å². The first-order valence-corrected chi connectivity index (χ1v) is 11.1. The predicted octanol–water partition coefficient (Wildman–Crippen LogP) is 6.03. The number of hydrogen-bond acceptors (Lipinski definition) is 2. The topological polar surface area (TPSA) is 20.3 Å². The molecule has 3 rings (SSSR count). The van der Waals surface area contributed by atoms with E-state index >= 15 is 0 Å². The Morgan fingerprint density at radius 3 is 1.25 bits per heavy atom. The average molecular weight is 334 g/mol. The lowest BCUT2D eigenvalue weighted by Crippen LogP contribution is -2.51. The third-order valence-electron chi connectivity index (χ3n) is 6.93.